The second-order valence-electron chi connectivity index (χ2n) is 4.39. The van der Waals surface area contributed by atoms with E-state index in [-0.39, 0.29) is 5.69 Å². The Balaban J connectivity index is 2.00. The van der Waals surface area contributed by atoms with Gasteiger partial charge in [-0.1, -0.05) is 17.3 Å². The fourth-order valence-corrected chi connectivity index (χ4v) is 1.87. The zero-order chi connectivity index (χ0) is 14.1. The summed E-state index contributed by atoms with van der Waals surface area (Å²) in [5.74, 6) is -0.702. The van der Waals surface area contributed by atoms with Gasteiger partial charge in [0.1, 0.15) is 0 Å². The number of rotatable bonds is 3. The SMILES string of the molecule is Cc1cnn(-c2cccc(-c3cc(C(=O)O)no3)c2)c1. The summed E-state index contributed by atoms with van der Waals surface area (Å²) < 4.78 is 6.79. The number of hydrogen-bond acceptors (Lipinski definition) is 4. The minimum absolute atomic E-state index is 0.111. The highest BCUT2D eigenvalue weighted by atomic mass is 16.5. The quantitative estimate of drug-likeness (QED) is 0.790. The minimum atomic E-state index is -1.11. The lowest BCUT2D eigenvalue weighted by Gasteiger charge is -2.02. The largest absolute Gasteiger partial charge is 0.476 e. The van der Waals surface area contributed by atoms with E-state index in [0.717, 1.165) is 16.8 Å². The smallest absolute Gasteiger partial charge is 0.358 e. The molecule has 0 amide bonds. The van der Waals surface area contributed by atoms with E-state index >= 15 is 0 Å². The maximum Gasteiger partial charge on any atom is 0.358 e. The summed E-state index contributed by atoms with van der Waals surface area (Å²) in [6.07, 6.45) is 3.67. The van der Waals surface area contributed by atoms with Crippen molar-refractivity contribution in [1.82, 2.24) is 14.9 Å². The maximum atomic E-state index is 10.8. The number of benzene rings is 1. The summed E-state index contributed by atoms with van der Waals surface area (Å²) >= 11 is 0. The van der Waals surface area contributed by atoms with Crippen LogP contribution in [0.3, 0.4) is 0 Å². The van der Waals surface area contributed by atoms with Crippen molar-refractivity contribution in [3.05, 3.63) is 54.0 Å². The van der Waals surface area contributed by atoms with Crippen LogP contribution >= 0.6 is 0 Å². The van der Waals surface area contributed by atoms with Gasteiger partial charge in [0.2, 0.25) is 0 Å². The van der Waals surface area contributed by atoms with Crippen LogP contribution in [0.15, 0.2) is 47.2 Å². The van der Waals surface area contributed by atoms with E-state index in [1.54, 1.807) is 10.9 Å². The molecule has 100 valence electrons. The van der Waals surface area contributed by atoms with Gasteiger partial charge in [-0.2, -0.15) is 5.10 Å². The van der Waals surface area contributed by atoms with Gasteiger partial charge in [0.25, 0.3) is 0 Å². The van der Waals surface area contributed by atoms with Crippen molar-refractivity contribution in [3.63, 3.8) is 0 Å². The minimum Gasteiger partial charge on any atom is -0.476 e. The Bertz CT molecular complexity index is 773. The number of carboxylic acid groups (broad SMARTS) is 1. The molecule has 0 saturated heterocycles. The van der Waals surface area contributed by atoms with Crippen LogP contribution in [0.4, 0.5) is 0 Å². The van der Waals surface area contributed by atoms with Crippen LogP contribution in [-0.4, -0.2) is 26.0 Å². The van der Waals surface area contributed by atoms with E-state index in [9.17, 15) is 4.79 Å². The van der Waals surface area contributed by atoms with E-state index < -0.39 is 5.97 Å². The summed E-state index contributed by atoms with van der Waals surface area (Å²) in [5, 5.41) is 16.6. The molecule has 0 spiro atoms. The zero-order valence-corrected chi connectivity index (χ0v) is 10.6. The number of carboxylic acids is 1. The molecule has 0 aliphatic rings. The first-order valence-electron chi connectivity index (χ1n) is 5.95. The van der Waals surface area contributed by atoms with E-state index in [1.165, 1.54) is 6.07 Å². The molecule has 0 saturated carbocycles. The van der Waals surface area contributed by atoms with Crippen LogP contribution < -0.4 is 0 Å². The number of carbonyl (C=O) groups is 1. The highest BCUT2D eigenvalue weighted by molar-refractivity contribution is 5.86. The molecule has 6 nitrogen and oxygen atoms in total. The van der Waals surface area contributed by atoms with E-state index in [1.807, 2.05) is 37.4 Å². The molecule has 0 radical (unpaired) electrons. The van der Waals surface area contributed by atoms with E-state index in [2.05, 4.69) is 10.3 Å². The first kappa shape index (κ1) is 12.2. The van der Waals surface area contributed by atoms with Crippen LogP contribution in [0, 0.1) is 6.92 Å². The molecule has 2 heterocycles. The topological polar surface area (TPSA) is 81.2 Å². The standard InChI is InChI=1S/C14H11N3O3/c1-9-7-15-17(8-9)11-4-2-3-10(5-11)13-6-12(14(18)19)16-20-13/h2-8H,1H3,(H,18,19). The summed E-state index contributed by atoms with van der Waals surface area (Å²) in [6, 6.07) is 8.84. The Labute approximate surface area is 114 Å². The van der Waals surface area contributed by atoms with Gasteiger partial charge < -0.3 is 9.63 Å². The van der Waals surface area contributed by atoms with Gasteiger partial charge in [0.05, 0.1) is 11.9 Å². The normalized spacial score (nSPS) is 10.7. The van der Waals surface area contributed by atoms with Crippen molar-refractivity contribution < 1.29 is 14.4 Å². The highest BCUT2D eigenvalue weighted by Gasteiger charge is 2.12. The van der Waals surface area contributed by atoms with Crippen molar-refractivity contribution in [2.75, 3.05) is 0 Å². The molecule has 0 bridgehead atoms. The Morgan fingerprint density at radius 1 is 1.35 bits per heavy atom. The summed E-state index contributed by atoms with van der Waals surface area (Å²) in [7, 11) is 0. The highest BCUT2D eigenvalue weighted by Crippen LogP contribution is 2.23. The van der Waals surface area contributed by atoms with Gasteiger partial charge >= 0.3 is 5.97 Å². The third-order valence-electron chi connectivity index (χ3n) is 2.84. The van der Waals surface area contributed by atoms with Gasteiger partial charge in [-0.25, -0.2) is 9.48 Å². The zero-order valence-electron chi connectivity index (χ0n) is 10.6. The summed E-state index contributed by atoms with van der Waals surface area (Å²) in [5.41, 5.74) is 2.56. The third-order valence-corrected chi connectivity index (χ3v) is 2.84. The second-order valence-corrected chi connectivity index (χ2v) is 4.39. The molecule has 0 aliphatic heterocycles. The lowest BCUT2D eigenvalue weighted by atomic mass is 10.1. The van der Waals surface area contributed by atoms with Crippen molar-refractivity contribution >= 4 is 5.97 Å². The Morgan fingerprint density at radius 2 is 2.20 bits per heavy atom. The molecule has 0 atom stereocenters. The average molecular weight is 269 g/mol. The van der Waals surface area contributed by atoms with Gasteiger partial charge in [0.15, 0.2) is 11.5 Å². The summed E-state index contributed by atoms with van der Waals surface area (Å²) in [4.78, 5) is 10.8. The summed E-state index contributed by atoms with van der Waals surface area (Å²) in [6.45, 7) is 1.96. The molecular formula is C14H11N3O3. The Hall–Kier alpha value is -2.89. The lowest BCUT2D eigenvalue weighted by Crippen LogP contribution is -1.95. The molecule has 0 fully saturated rings. The van der Waals surface area contributed by atoms with Crippen molar-refractivity contribution in [3.8, 4) is 17.0 Å². The number of hydrogen-bond donors (Lipinski definition) is 1. The second kappa shape index (κ2) is 4.65. The molecule has 3 rings (SSSR count). The predicted molar refractivity (Wildman–Crippen MR) is 70.8 cm³/mol. The molecular weight excluding hydrogens is 258 g/mol. The van der Waals surface area contributed by atoms with Crippen molar-refractivity contribution in [1.29, 1.82) is 0 Å². The molecule has 1 aromatic carbocycles. The molecule has 2 aromatic heterocycles. The number of nitrogens with zero attached hydrogens (tertiary/aromatic N) is 3. The fraction of sp³-hybridized carbons (Fsp3) is 0.0714. The van der Waals surface area contributed by atoms with Crippen LogP contribution in [0.25, 0.3) is 17.0 Å². The van der Waals surface area contributed by atoms with Crippen LogP contribution in [0.1, 0.15) is 16.1 Å². The molecule has 0 aliphatic carbocycles. The van der Waals surface area contributed by atoms with Gasteiger partial charge in [-0.3, -0.25) is 0 Å². The molecule has 6 heteroatoms. The van der Waals surface area contributed by atoms with Gasteiger partial charge in [0, 0.05) is 17.8 Å². The third kappa shape index (κ3) is 2.18. The van der Waals surface area contributed by atoms with Crippen molar-refractivity contribution in [2.24, 2.45) is 0 Å². The molecule has 0 unspecified atom stereocenters. The number of aromatic nitrogens is 3. The Kier molecular flexibility index (Phi) is 2.83. The average Bonchev–Trinajstić information content (AvgIpc) is 3.07. The first-order valence-corrected chi connectivity index (χ1v) is 5.95. The molecule has 1 N–H and O–H groups in total. The monoisotopic (exact) mass is 269 g/mol. The molecule has 3 aromatic rings. The van der Waals surface area contributed by atoms with E-state index in [4.69, 9.17) is 9.63 Å². The number of aryl methyl sites for hydroxylation is 1. The Morgan fingerprint density at radius 3 is 2.85 bits per heavy atom. The fourth-order valence-electron chi connectivity index (χ4n) is 1.87. The van der Waals surface area contributed by atoms with Crippen molar-refractivity contribution in [2.45, 2.75) is 6.92 Å². The molecule has 20 heavy (non-hydrogen) atoms. The van der Waals surface area contributed by atoms with Crippen LogP contribution in [-0.2, 0) is 0 Å². The van der Waals surface area contributed by atoms with Gasteiger partial charge in [-0.15, -0.1) is 0 Å². The first-order chi connectivity index (χ1) is 9.63. The van der Waals surface area contributed by atoms with Gasteiger partial charge in [-0.05, 0) is 24.6 Å². The lowest BCUT2D eigenvalue weighted by molar-refractivity contribution is 0.0686. The predicted octanol–water partition coefficient (Wildman–Crippen LogP) is 2.53. The van der Waals surface area contributed by atoms with E-state index in [0.29, 0.717) is 5.76 Å². The van der Waals surface area contributed by atoms with Crippen LogP contribution in [0.2, 0.25) is 0 Å². The maximum absolute atomic E-state index is 10.8. The number of aromatic carboxylic acids is 1. The van der Waals surface area contributed by atoms with Crippen LogP contribution in [0.5, 0.6) is 0 Å².